The van der Waals surface area contributed by atoms with Gasteiger partial charge in [-0.25, -0.2) is 15.0 Å². The van der Waals surface area contributed by atoms with E-state index >= 15 is 0 Å². The average molecular weight is 290 g/mol. The van der Waals surface area contributed by atoms with Gasteiger partial charge in [-0.05, 0) is 19.8 Å². The summed E-state index contributed by atoms with van der Waals surface area (Å²) in [5.74, 6) is 3.47. The second-order valence-corrected chi connectivity index (χ2v) is 5.91. The fraction of sp³-hybridized carbons (Fsp3) is 0.500. The highest BCUT2D eigenvalue weighted by Gasteiger charge is 2.29. The minimum atomic E-state index is 0.513. The van der Waals surface area contributed by atoms with E-state index in [1.54, 1.807) is 0 Å². The van der Waals surface area contributed by atoms with Crippen LogP contribution in [0.4, 0.5) is 5.82 Å². The number of hydrogen-bond acceptors (Lipinski definition) is 4. The van der Waals surface area contributed by atoms with Crippen LogP contribution in [0.15, 0.2) is 12.4 Å². The lowest BCUT2D eigenvalue weighted by atomic mass is 10.2. The van der Waals surface area contributed by atoms with Gasteiger partial charge in [0.2, 0.25) is 0 Å². The Balaban J connectivity index is 1.71. The van der Waals surface area contributed by atoms with Crippen molar-refractivity contribution in [3.8, 4) is 0 Å². The van der Waals surface area contributed by atoms with E-state index in [0.29, 0.717) is 11.1 Å². The number of anilines is 1. The molecule has 2 aliphatic rings. The predicted molar refractivity (Wildman–Crippen MR) is 77.0 cm³/mol. The molecular weight excluding hydrogens is 274 g/mol. The molecule has 0 saturated heterocycles. The van der Waals surface area contributed by atoms with Crippen molar-refractivity contribution in [2.24, 2.45) is 0 Å². The lowest BCUT2D eigenvalue weighted by Crippen LogP contribution is -2.35. The smallest absolute Gasteiger partial charge is 0.137 e. The fourth-order valence-corrected chi connectivity index (χ4v) is 2.85. The van der Waals surface area contributed by atoms with Crippen LogP contribution in [0.1, 0.15) is 36.0 Å². The number of nitrogens with zero attached hydrogens (tertiary/aromatic N) is 5. The average Bonchev–Trinajstić information content (AvgIpc) is 3.19. The molecule has 0 bridgehead atoms. The molecule has 0 spiro atoms. The summed E-state index contributed by atoms with van der Waals surface area (Å²) < 4.78 is 2.19. The quantitative estimate of drug-likeness (QED) is 0.797. The van der Waals surface area contributed by atoms with Crippen molar-refractivity contribution in [1.82, 2.24) is 19.5 Å². The molecule has 104 valence electrons. The van der Waals surface area contributed by atoms with E-state index in [0.717, 1.165) is 42.7 Å². The zero-order chi connectivity index (χ0) is 13.7. The summed E-state index contributed by atoms with van der Waals surface area (Å²) in [6.45, 7) is 4.65. The fourth-order valence-electron chi connectivity index (χ4n) is 2.68. The summed E-state index contributed by atoms with van der Waals surface area (Å²) in [5.41, 5.74) is 0.969. The van der Waals surface area contributed by atoms with E-state index < -0.39 is 0 Å². The van der Waals surface area contributed by atoms with Crippen LogP contribution in [-0.2, 0) is 13.1 Å². The lowest BCUT2D eigenvalue weighted by Gasteiger charge is -2.30. The summed E-state index contributed by atoms with van der Waals surface area (Å²) >= 11 is 6.29. The molecule has 1 saturated carbocycles. The molecule has 1 fully saturated rings. The Bertz CT molecular complexity index is 662. The normalized spacial score (nSPS) is 18.2. The van der Waals surface area contributed by atoms with Gasteiger partial charge >= 0.3 is 0 Å². The third kappa shape index (κ3) is 1.97. The first kappa shape index (κ1) is 12.1. The molecule has 20 heavy (non-hydrogen) atoms. The number of halogens is 1. The largest absolute Gasteiger partial charge is 0.347 e. The molecule has 0 radical (unpaired) electrons. The summed E-state index contributed by atoms with van der Waals surface area (Å²) in [4.78, 5) is 15.9. The molecule has 3 heterocycles. The van der Waals surface area contributed by atoms with Gasteiger partial charge in [0.15, 0.2) is 0 Å². The van der Waals surface area contributed by atoms with E-state index in [1.165, 1.54) is 12.8 Å². The van der Waals surface area contributed by atoms with Gasteiger partial charge in [0.1, 0.15) is 22.6 Å². The van der Waals surface area contributed by atoms with Gasteiger partial charge in [-0.3, -0.25) is 0 Å². The number of rotatable bonds is 2. The van der Waals surface area contributed by atoms with E-state index in [1.807, 2.05) is 19.3 Å². The number of fused-ring (bicyclic) bond motifs is 1. The highest BCUT2D eigenvalue weighted by atomic mass is 35.5. The second kappa shape index (κ2) is 4.45. The molecule has 1 aliphatic carbocycles. The molecule has 4 rings (SSSR count). The number of hydrogen-bond donors (Lipinski definition) is 0. The topological polar surface area (TPSA) is 46.8 Å². The van der Waals surface area contributed by atoms with Crippen LogP contribution < -0.4 is 4.90 Å². The first-order valence-corrected chi connectivity index (χ1v) is 7.39. The molecule has 5 nitrogen and oxygen atoms in total. The monoisotopic (exact) mass is 289 g/mol. The Labute approximate surface area is 122 Å². The third-order valence-corrected chi connectivity index (χ3v) is 4.43. The number of imidazole rings is 1. The van der Waals surface area contributed by atoms with Crippen LogP contribution in [-0.4, -0.2) is 26.1 Å². The molecule has 6 heteroatoms. The summed E-state index contributed by atoms with van der Waals surface area (Å²) in [6, 6.07) is 0. The molecule has 0 amide bonds. The third-order valence-electron chi connectivity index (χ3n) is 4.06. The van der Waals surface area contributed by atoms with Crippen LogP contribution in [0.3, 0.4) is 0 Å². The van der Waals surface area contributed by atoms with Crippen molar-refractivity contribution in [3.05, 3.63) is 34.8 Å². The van der Waals surface area contributed by atoms with Gasteiger partial charge in [0.25, 0.3) is 0 Å². The van der Waals surface area contributed by atoms with Crippen LogP contribution >= 0.6 is 11.6 Å². The molecule has 0 atom stereocenters. The van der Waals surface area contributed by atoms with Crippen molar-refractivity contribution in [3.63, 3.8) is 0 Å². The SMILES string of the molecule is Cc1c(Cl)nc(C2CC2)nc1N1CCn2ccnc2C1. The van der Waals surface area contributed by atoms with Crippen molar-refractivity contribution < 1.29 is 0 Å². The highest BCUT2D eigenvalue weighted by Crippen LogP contribution is 2.40. The minimum absolute atomic E-state index is 0.513. The van der Waals surface area contributed by atoms with Crippen molar-refractivity contribution in [2.45, 2.75) is 38.8 Å². The second-order valence-electron chi connectivity index (χ2n) is 5.55. The number of aromatic nitrogens is 4. The van der Waals surface area contributed by atoms with E-state index in [4.69, 9.17) is 16.6 Å². The van der Waals surface area contributed by atoms with Gasteiger partial charge in [-0.2, -0.15) is 0 Å². The van der Waals surface area contributed by atoms with Crippen molar-refractivity contribution >= 4 is 17.4 Å². The van der Waals surface area contributed by atoms with E-state index in [2.05, 4.69) is 19.4 Å². The first-order valence-electron chi connectivity index (χ1n) is 7.01. The van der Waals surface area contributed by atoms with Crippen LogP contribution in [0, 0.1) is 6.92 Å². The van der Waals surface area contributed by atoms with Crippen molar-refractivity contribution in [1.29, 1.82) is 0 Å². The van der Waals surface area contributed by atoms with Gasteiger partial charge in [0.05, 0.1) is 6.54 Å². The van der Waals surface area contributed by atoms with Gasteiger partial charge < -0.3 is 9.47 Å². The standard InChI is InChI=1S/C14H16ClN5/c1-9-12(15)17-13(10-2-3-10)18-14(9)20-7-6-19-5-4-16-11(19)8-20/h4-5,10H,2-3,6-8H2,1H3. The van der Waals surface area contributed by atoms with Gasteiger partial charge in [-0.15, -0.1) is 0 Å². The zero-order valence-electron chi connectivity index (χ0n) is 11.4. The summed E-state index contributed by atoms with van der Waals surface area (Å²) in [6.07, 6.45) is 6.25. The molecule has 0 N–H and O–H groups in total. The zero-order valence-corrected chi connectivity index (χ0v) is 12.1. The first-order chi connectivity index (χ1) is 9.72. The predicted octanol–water partition coefficient (Wildman–Crippen LogP) is 2.53. The molecular formula is C14H16ClN5. The highest BCUT2D eigenvalue weighted by molar-refractivity contribution is 6.30. The molecule has 2 aromatic rings. The minimum Gasteiger partial charge on any atom is -0.347 e. The Morgan fingerprint density at radius 1 is 1.25 bits per heavy atom. The van der Waals surface area contributed by atoms with Crippen molar-refractivity contribution in [2.75, 3.05) is 11.4 Å². The summed E-state index contributed by atoms with van der Waals surface area (Å²) in [5, 5.41) is 0.589. The van der Waals surface area contributed by atoms with Crippen LogP contribution in [0.25, 0.3) is 0 Å². The molecule has 2 aromatic heterocycles. The van der Waals surface area contributed by atoms with Gasteiger partial charge in [-0.1, -0.05) is 11.6 Å². The Kier molecular flexibility index (Phi) is 2.70. The molecule has 0 unspecified atom stereocenters. The Morgan fingerprint density at radius 2 is 2.10 bits per heavy atom. The van der Waals surface area contributed by atoms with Crippen LogP contribution in [0.2, 0.25) is 5.15 Å². The maximum Gasteiger partial charge on any atom is 0.137 e. The summed E-state index contributed by atoms with van der Waals surface area (Å²) in [7, 11) is 0. The van der Waals surface area contributed by atoms with Crippen LogP contribution in [0.5, 0.6) is 0 Å². The van der Waals surface area contributed by atoms with E-state index in [-0.39, 0.29) is 0 Å². The maximum atomic E-state index is 6.29. The molecule has 1 aliphatic heterocycles. The van der Waals surface area contributed by atoms with E-state index in [9.17, 15) is 0 Å². The Morgan fingerprint density at radius 3 is 2.90 bits per heavy atom. The maximum absolute atomic E-state index is 6.29. The Hall–Kier alpha value is -1.62. The van der Waals surface area contributed by atoms with Gasteiger partial charge in [0, 0.05) is 37.0 Å². The lowest BCUT2D eigenvalue weighted by molar-refractivity contribution is 0.554. The molecule has 0 aromatic carbocycles.